The summed E-state index contributed by atoms with van der Waals surface area (Å²) in [7, 11) is 1.79. The zero-order valence-electron chi connectivity index (χ0n) is 11.7. The number of hydrogen-bond acceptors (Lipinski definition) is 4. The summed E-state index contributed by atoms with van der Waals surface area (Å²) < 4.78 is 0. The Balaban J connectivity index is 1.56. The van der Waals surface area contributed by atoms with E-state index in [1.807, 2.05) is 0 Å². The molecule has 3 aliphatic rings. The molecule has 112 valence electrons. The molecule has 0 aromatic carbocycles. The lowest BCUT2D eigenvalue weighted by atomic mass is 10.0. The van der Waals surface area contributed by atoms with Gasteiger partial charge in [-0.25, -0.2) is 10.3 Å². The Bertz CT molecular complexity index is 416. The van der Waals surface area contributed by atoms with Crippen LogP contribution in [0.25, 0.3) is 0 Å². The van der Waals surface area contributed by atoms with Crippen molar-refractivity contribution >= 4 is 11.9 Å². The minimum absolute atomic E-state index is 0.00871. The maximum absolute atomic E-state index is 12.2. The average Bonchev–Trinajstić information content (AvgIpc) is 2.95. The molecule has 2 unspecified atom stereocenters. The highest BCUT2D eigenvalue weighted by molar-refractivity contribution is 5.88. The van der Waals surface area contributed by atoms with Crippen LogP contribution in [0, 0.1) is 0 Å². The number of nitrogens with one attached hydrogen (secondary N) is 1. The van der Waals surface area contributed by atoms with Crippen LogP contribution >= 0.6 is 0 Å². The number of amides is 3. The number of piperidine rings is 1. The van der Waals surface area contributed by atoms with Crippen molar-refractivity contribution in [3.8, 4) is 0 Å². The predicted octanol–water partition coefficient (Wildman–Crippen LogP) is -0.188. The zero-order valence-corrected chi connectivity index (χ0v) is 11.7. The van der Waals surface area contributed by atoms with Crippen LogP contribution in [0.4, 0.5) is 4.79 Å². The predicted molar refractivity (Wildman–Crippen MR) is 71.5 cm³/mol. The first kappa shape index (κ1) is 13.6. The van der Waals surface area contributed by atoms with Crippen LogP contribution in [0.5, 0.6) is 0 Å². The fourth-order valence-electron chi connectivity index (χ4n) is 3.41. The third kappa shape index (κ3) is 2.25. The lowest BCUT2D eigenvalue weighted by molar-refractivity contribution is -0.144. The third-order valence-electron chi connectivity index (χ3n) is 4.77. The number of likely N-dealkylation sites (N-methyl/N-ethyl adjacent to an activating group) is 1. The van der Waals surface area contributed by atoms with E-state index >= 15 is 0 Å². The molecule has 1 aliphatic carbocycles. The Hall–Kier alpha value is -1.34. The summed E-state index contributed by atoms with van der Waals surface area (Å²) in [6, 6.07) is -0.243. The molecule has 4 atom stereocenters. The number of fused-ring (bicyclic) bond motifs is 2. The van der Waals surface area contributed by atoms with Crippen LogP contribution < -0.4 is 11.2 Å². The number of hydroxylamine groups is 1. The van der Waals surface area contributed by atoms with Gasteiger partial charge in [0.15, 0.2) is 0 Å². The van der Waals surface area contributed by atoms with Crippen LogP contribution in [-0.4, -0.2) is 59.6 Å². The standard InChI is InChI=1S/C13H22N4O3/c1-16-8-5-6-10(17(7-8)13(16)19)12(18)15-20-11-4-2-3-9(11)14/h8-11H,2-7,14H2,1H3,(H,15,18)/t8-,9?,10+,11?/m1/s1. The van der Waals surface area contributed by atoms with E-state index < -0.39 is 6.04 Å². The van der Waals surface area contributed by atoms with Crippen molar-refractivity contribution in [2.75, 3.05) is 13.6 Å². The quantitative estimate of drug-likeness (QED) is 0.702. The number of hydrogen-bond donors (Lipinski definition) is 2. The second-order valence-corrected chi connectivity index (χ2v) is 6.01. The van der Waals surface area contributed by atoms with E-state index in [-0.39, 0.29) is 30.1 Å². The van der Waals surface area contributed by atoms with Gasteiger partial charge in [0, 0.05) is 19.6 Å². The molecule has 2 heterocycles. The number of nitrogens with two attached hydrogens (primary N) is 1. The molecule has 3 fully saturated rings. The molecule has 2 bridgehead atoms. The number of carbonyl (C=O) groups is 2. The van der Waals surface area contributed by atoms with E-state index in [4.69, 9.17) is 10.6 Å². The van der Waals surface area contributed by atoms with Crippen LogP contribution in [-0.2, 0) is 9.63 Å². The highest BCUT2D eigenvalue weighted by Crippen LogP contribution is 2.28. The second kappa shape index (κ2) is 5.21. The van der Waals surface area contributed by atoms with Gasteiger partial charge < -0.3 is 15.5 Å². The second-order valence-electron chi connectivity index (χ2n) is 6.01. The summed E-state index contributed by atoms with van der Waals surface area (Å²) >= 11 is 0. The summed E-state index contributed by atoms with van der Waals surface area (Å²) in [6.07, 6.45) is 4.28. The Morgan fingerprint density at radius 2 is 2.15 bits per heavy atom. The maximum atomic E-state index is 12.2. The van der Waals surface area contributed by atoms with Gasteiger partial charge in [0.25, 0.3) is 5.91 Å². The molecular formula is C13H22N4O3. The number of urea groups is 1. The van der Waals surface area contributed by atoms with Crippen LogP contribution in [0.2, 0.25) is 0 Å². The number of carbonyl (C=O) groups excluding carboxylic acids is 2. The molecule has 0 spiro atoms. The van der Waals surface area contributed by atoms with Crippen molar-refractivity contribution < 1.29 is 14.4 Å². The normalized spacial score (nSPS) is 36.6. The topological polar surface area (TPSA) is 87.9 Å². The van der Waals surface area contributed by atoms with E-state index in [2.05, 4.69) is 5.48 Å². The molecule has 3 amide bonds. The SMILES string of the molecule is CN1C(=O)N2C[C@H]1CC[C@H]2C(=O)NOC1CCCC1N. The van der Waals surface area contributed by atoms with Gasteiger partial charge in [0.2, 0.25) is 0 Å². The fourth-order valence-corrected chi connectivity index (χ4v) is 3.41. The summed E-state index contributed by atoms with van der Waals surface area (Å²) in [5.74, 6) is -0.230. The monoisotopic (exact) mass is 282 g/mol. The van der Waals surface area contributed by atoms with Crippen LogP contribution in [0.3, 0.4) is 0 Å². The van der Waals surface area contributed by atoms with Crippen molar-refractivity contribution in [3.05, 3.63) is 0 Å². The average molecular weight is 282 g/mol. The first-order valence-electron chi connectivity index (χ1n) is 7.32. The van der Waals surface area contributed by atoms with E-state index in [1.54, 1.807) is 16.8 Å². The van der Waals surface area contributed by atoms with E-state index in [0.29, 0.717) is 13.0 Å². The van der Waals surface area contributed by atoms with Crippen molar-refractivity contribution in [1.82, 2.24) is 15.3 Å². The lowest BCUT2D eigenvalue weighted by Gasteiger charge is -2.29. The van der Waals surface area contributed by atoms with Gasteiger partial charge in [-0.2, -0.15) is 0 Å². The summed E-state index contributed by atoms with van der Waals surface area (Å²) in [6.45, 7) is 0.635. The molecule has 2 aliphatic heterocycles. The van der Waals surface area contributed by atoms with E-state index in [0.717, 1.165) is 25.7 Å². The molecular weight excluding hydrogens is 260 g/mol. The van der Waals surface area contributed by atoms with Gasteiger partial charge >= 0.3 is 6.03 Å². The molecule has 3 N–H and O–H groups in total. The number of rotatable bonds is 3. The first-order valence-corrected chi connectivity index (χ1v) is 7.32. The lowest BCUT2D eigenvalue weighted by Crippen LogP contribution is -2.51. The Morgan fingerprint density at radius 1 is 1.35 bits per heavy atom. The Morgan fingerprint density at radius 3 is 2.85 bits per heavy atom. The fraction of sp³-hybridized carbons (Fsp3) is 0.846. The molecule has 7 heteroatoms. The molecule has 7 nitrogen and oxygen atoms in total. The maximum Gasteiger partial charge on any atom is 0.320 e. The molecule has 1 saturated carbocycles. The van der Waals surface area contributed by atoms with Crippen LogP contribution in [0.1, 0.15) is 32.1 Å². The van der Waals surface area contributed by atoms with Gasteiger partial charge in [0.05, 0.1) is 6.04 Å². The minimum atomic E-state index is -0.415. The van der Waals surface area contributed by atoms with Gasteiger partial charge in [0.1, 0.15) is 12.1 Å². The van der Waals surface area contributed by atoms with Crippen molar-refractivity contribution in [3.63, 3.8) is 0 Å². The molecule has 0 aromatic rings. The number of nitrogens with zero attached hydrogens (tertiary/aromatic N) is 2. The van der Waals surface area contributed by atoms with Gasteiger partial charge in [-0.3, -0.25) is 9.63 Å². The van der Waals surface area contributed by atoms with E-state index in [9.17, 15) is 9.59 Å². The summed E-state index contributed by atoms with van der Waals surface area (Å²) in [4.78, 5) is 33.0. The van der Waals surface area contributed by atoms with Gasteiger partial charge in [-0.05, 0) is 32.1 Å². The Labute approximate surface area is 118 Å². The summed E-state index contributed by atoms with van der Waals surface area (Å²) in [5.41, 5.74) is 8.41. The van der Waals surface area contributed by atoms with Crippen molar-refractivity contribution in [2.45, 2.75) is 56.3 Å². The zero-order chi connectivity index (χ0) is 14.3. The first-order chi connectivity index (χ1) is 9.58. The third-order valence-corrected chi connectivity index (χ3v) is 4.77. The largest absolute Gasteiger partial charge is 0.325 e. The molecule has 3 rings (SSSR count). The molecule has 0 aromatic heterocycles. The van der Waals surface area contributed by atoms with Crippen molar-refractivity contribution in [1.29, 1.82) is 0 Å². The van der Waals surface area contributed by atoms with Gasteiger partial charge in [-0.15, -0.1) is 0 Å². The smallest absolute Gasteiger partial charge is 0.320 e. The molecule has 20 heavy (non-hydrogen) atoms. The highest BCUT2D eigenvalue weighted by Gasteiger charge is 2.45. The molecule has 2 saturated heterocycles. The highest BCUT2D eigenvalue weighted by atomic mass is 16.7. The summed E-state index contributed by atoms with van der Waals surface area (Å²) in [5, 5.41) is 0. The Kier molecular flexibility index (Phi) is 3.55. The van der Waals surface area contributed by atoms with E-state index in [1.165, 1.54) is 0 Å². The minimum Gasteiger partial charge on any atom is -0.325 e. The van der Waals surface area contributed by atoms with Crippen LogP contribution in [0.15, 0.2) is 0 Å². The van der Waals surface area contributed by atoms with Gasteiger partial charge in [-0.1, -0.05) is 0 Å². The van der Waals surface area contributed by atoms with Crippen molar-refractivity contribution in [2.24, 2.45) is 5.73 Å². The molecule has 0 radical (unpaired) electrons.